The van der Waals surface area contributed by atoms with Gasteiger partial charge in [0.15, 0.2) is 9.84 Å². The number of amides is 1. The lowest BCUT2D eigenvalue weighted by atomic mass is 10.2. The molecule has 4 rings (SSSR count). The fourth-order valence-corrected chi connectivity index (χ4v) is 4.47. The second-order valence-corrected chi connectivity index (χ2v) is 9.90. The molecule has 1 aliphatic rings. The van der Waals surface area contributed by atoms with E-state index >= 15 is 0 Å². The molecule has 1 aromatic heterocycles. The Labute approximate surface area is 193 Å². The Morgan fingerprint density at radius 2 is 1.85 bits per heavy atom. The molecule has 3 aromatic rings. The number of benzene rings is 2. The number of piperazine rings is 1. The van der Waals surface area contributed by atoms with Gasteiger partial charge in [0.05, 0.1) is 27.0 Å². The van der Waals surface area contributed by atoms with Gasteiger partial charge in [-0.15, -0.1) is 0 Å². The number of rotatable bonds is 5. The maximum atomic E-state index is 13.5. The largest absolute Gasteiger partial charge is 0.362 e. The Hall–Kier alpha value is -3.87. The Bertz CT molecular complexity index is 1460. The summed E-state index contributed by atoms with van der Waals surface area (Å²) in [7, 11) is -3.61. The molecule has 0 N–H and O–H groups in total. The van der Waals surface area contributed by atoms with Crippen LogP contribution in [0, 0.1) is 15.9 Å². The van der Waals surface area contributed by atoms with E-state index in [-0.39, 0.29) is 60.3 Å². The van der Waals surface area contributed by atoms with Gasteiger partial charge in [-0.1, -0.05) is 0 Å². The second-order valence-electron chi connectivity index (χ2n) is 7.89. The minimum absolute atomic E-state index is 0.0740. The van der Waals surface area contributed by atoms with Crippen molar-refractivity contribution in [3.05, 3.63) is 69.0 Å². The van der Waals surface area contributed by atoms with Crippen molar-refractivity contribution in [2.75, 3.05) is 37.3 Å². The monoisotopic (exact) mass is 489 g/mol. The standard InChI is InChI=1S/C21H20FN5O6S/c1-34(32,33)15-3-5-18(19(11-15)27(30)31)24-6-8-25(9-7-24)20(28)12-26-13-23-17-4-2-14(22)10-16(17)21(26)29/h2-5,10-11,13H,6-9,12H2,1H3. The molecular formula is C21H20FN5O6S. The summed E-state index contributed by atoms with van der Waals surface area (Å²) < 4.78 is 38.1. The molecule has 0 radical (unpaired) electrons. The number of halogens is 1. The zero-order valence-corrected chi connectivity index (χ0v) is 18.9. The predicted molar refractivity (Wildman–Crippen MR) is 121 cm³/mol. The van der Waals surface area contributed by atoms with E-state index in [1.807, 2.05) is 0 Å². The summed E-state index contributed by atoms with van der Waals surface area (Å²) in [6.45, 7) is 0.770. The van der Waals surface area contributed by atoms with Crippen molar-refractivity contribution in [2.24, 2.45) is 0 Å². The molecule has 0 unspecified atom stereocenters. The molecule has 1 amide bonds. The molecule has 1 aliphatic heterocycles. The smallest absolute Gasteiger partial charge is 0.293 e. The molecule has 11 nitrogen and oxygen atoms in total. The topological polar surface area (TPSA) is 136 Å². The molecule has 0 spiro atoms. The molecule has 0 saturated carbocycles. The first-order valence-corrected chi connectivity index (χ1v) is 12.1. The van der Waals surface area contributed by atoms with Crippen LogP contribution < -0.4 is 10.5 Å². The number of nitro groups is 1. The fourth-order valence-electron chi connectivity index (χ4n) is 3.83. The highest BCUT2D eigenvalue weighted by Crippen LogP contribution is 2.31. The lowest BCUT2D eigenvalue weighted by Crippen LogP contribution is -2.50. The van der Waals surface area contributed by atoms with Crippen LogP contribution in [0.25, 0.3) is 10.9 Å². The van der Waals surface area contributed by atoms with Gasteiger partial charge in [-0.2, -0.15) is 0 Å². The number of hydrogen-bond donors (Lipinski definition) is 0. The zero-order valence-electron chi connectivity index (χ0n) is 18.0. The molecule has 0 bridgehead atoms. The minimum Gasteiger partial charge on any atom is -0.362 e. The molecular weight excluding hydrogens is 469 g/mol. The summed E-state index contributed by atoms with van der Waals surface area (Å²) >= 11 is 0. The normalized spacial score (nSPS) is 14.4. The minimum atomic E-state index is -3.61. The first kappa shape index (κ1) is 23.3. The van der Waals surface area contributed by atoms with Gasteiger partial charge in [0.25, 0.3) is 11.2 Å². The highest BCUT2D eigenvalue weighted by Gasteiger charge is 2.27. The van der Waals surface area contributed by atoms with Crippen LogP contribution >= 0.6 is 0 Å². The Morgan fingerprint density at radius 3 is 2.50 bits per heavy atom. The molecule has 2 heterocycles. The Kier molecular flexibility index (Phi) is 6.04. The highest BCUT2D eigenvalue weighted by molar-refractivity contribution is 7.90. The number of carbonyl (C=O) groups excluding carboxylic acids is 1. The van der Waals surface area contributed by atoms with Gasteiger partial charge in [0.2, 0.25) is 5.91 Å². The number of fused-ring (bicyclic) bond motifs is 1. The van der Waals surface area contributed by atoms with Crippen molar-refractivity contribution in [2.45, 2.75) is 11.4 Å². The van der Waals surface area contributed by atoms with E-state index in [2.05, 4.69) is 4.98 Å². The highest BCUT2D eigenvalue weighted by atomic mass is 32.2. The lowest BCUT2D eigenvalue weighted by molar-refractivity contribution is -0.384. The summed E-state index contributed by atoms with van der Waals surface area (Å²) in [6.07, 6.45) is 2.21. The molecule has 1 saturated heterocycles. The third-order valence-corrected chi connectivity index (χ3v) is 6.75. The van der Waals surface area contributed by atoms with Crippen molar-refractivity contribution in [1.29, 1.82) is 0 Å². The zero-order chi connectivity index (χ0) is 24.6. The van der Waals surface area contributed by atoms with E-state index in [1.165, 1.54) is 35.5 Å². The number of anilines is 1. The third-order valence-electron chi connectivity index (χ3n) is 5.64. The van der Waals surface area contributed by atoms with Gasteiger partial charge < -0.3 is 9.80 Å². The van der Waals surface area contributed by atoms with Gasteiger partial charge in [0.1, 0.15) is 18.0 Å². The quantitative estimate of drug-likeness (QED) is 0.385. The van der Waals surface area contributed by atoms with Crippen molar-refractivity contribution in [1.82, 2.24) is 14.5 Å². The van der Waals surface area contributed by atoms with Gasteiger partial charge in [-0.25, -0.2) is 17.8 Å². The molecule has 0 atom stereocenters. The second kappa shape index (κ2) is 8.82. The van der Waals surface area contributed by atoms with Gasteiger partial charge in [-0.3, -0.25) is 24.3 Å². The van der Waals surface area contributed by atoms with E-state index < -0.39 is 26.1 Å². The van der Waals surface area contributed by atoms with Crippen molar-refractivity contribution >= 4 is 38.0 Å². The summed E-state index contributed by atoms with van der Waals surface area (Å²) in [5.74, 6) is -0.925. The lowest BCUT2D eigenvalue weighted by Gasteiger charge is -2.36. The van der Waals surface area contributed by atoms with E-state index in [0.717, 1.165) is 23.0 Å². The Balaban J connectivity index is 1.48. The summed E-state index contributed by atoms with van der Waals surface area (Å²) in [4.78, 5) is 43.4. The van der Waals surface area contributed by atoms with Crippen LogP contribution in [0.15, 0.2) is 52.4 Å². The first-order valence-electron chi connectivity index (χ1n) is 10.2. The number of hydrogen-bond acceptors (Lipinski definition) is 8. The molecule has 13 heteroatoms. The van der Waals surface area contributed by atoms with Crippen LogP contribution in [0.4, 0.5) is 15.8 Å². The maximum Gasteiger partial charge on any atom is 0.293 e. The Morgan fingerprint density at radius 1 is 1.15 bits per heavy atom. The number of nitrogens with zero attached hydrogens (tertiary/aromatic N) is 5. The van der Waals surface area contributed by atoms with Gasteiger partial charge >= 0.3 is 0 Å². The van der Waals surface area contributed by atoms with Crippen LogP contribution in [-0.2, 0) is 21.2 Å². The van der Waals surface area contributed by atoms with Gasteiger partial charge in [-0.05, 0) is 30.3 Å². The van der Waals surface area contributed by atoms with Crippen LogP contribution in [0.3, 0.4) is 0 Å². The van der Waals surface area contributed by atoms with Crippen molar-refractivity contribution < 1.29 is 22.5 Å². The summed E-state index contributed by atoms with van der Waals surface area (Å²) in [6, 6.07) is 7.40. The fraction of sp³-hybridized carbons (Fsp3) is 0.286. The maximum absolute atomic E-state index is 13.5. The third kappa shape index (κ3) is 4.59. The van der Waals surface area contributed by atoms with Crippen LogP contribution in [0.2, 0.25) is 0 Å². The van der Waals surface area contributed by atoms with Crippen LogP contribution in [0.5, 0.6) is 0 Å². The van der Waals surface area contributed by atoms with Crippen molar-refractivity contribution in [3.63, 3.8) is 0 Å². The molecule has 1 fully saturated rings. The average molecular weight is 489 g/mol. The summed E-state index contributed by atoms with van der Waals surface area (Å²) in [5, 5.41) is 11.6. The van der Waals surface area contributed by atoms with Crippen LogP contribution in [-0.4, -0.2) is 66.1 Å². The predicted octanol–water partition coefficient (Wildman–Crippen LogP) is 1.20. The summed E-state index contributed by atoms with van der Waals surface area (Å²) in [5.41, 5.74) is -0.268. The number of nitro benzene ring substituents is 1. The van der Waals surface area contributed by atoms with E-state index in [4.69, 9.17) is 0 Å². The van der Waals surface area contributed by atoms with E-state index in [9.17, 15) is 32.5 Å². The first-order chi connectivity index (χ1) is 16.0. The van der Waals surface area contributed by atoms with Gasteiger partial charge in [0, 0.05) is 38.5 Å². The molecule has 2 aromatic carbocycles. The molecule has 178 valence electrons. The number of carbonyl (C=O) groups is 1. The average Bonchev–Trinajstić information content (AvgIpc) is 2.80. The number of aromatic nitrogens is 2. The molecule has 0 aliphatic carbocycles. The van der Waals surface area contributed by atoms with Crippen LogP contribution in [0.1, 0.15) is 0 Å². The van der Waals surface area contributed by atoms with E-state index in [0.29, 0.717) is 5.52 Å². The molecule has 34 heavy (non-hydrogen) atoms. The van der Waals surface area contributed by atoms with Crippen molar-refractivity contribution in [3.8, 4) is 0 Å². The van der Waals surface area contributed by atoms with E-state index in [1.54, 1.807) is 4.90 Å². The SMILES string of the molecule is CS(=O)(=O)c1ccc(N2CCN(C(=O)Cn3cnc4ccc(F)cc4c3=O)CC2)c([N+](=O)[O-])c1. The number of sulfone groups is 1.